The Morgan fingerprint density at radius 1 is 1.12 bits per heavy atom. The number of carboxylic acids is 1. The van der Waals surface area contributed by atoms with Gasteiger partial charge in [0, 0.05) is 49.9 Å². The van der Waals surface area contributed by atoms with Crippen LogP contribution in [0.1, 0.15) is 61.8 Å². The van der Waals surface area contributed by atoms with Crippen LogP contribution in [0.5, 0.6) is 5.75 Å². The highest BCUT2D eigenvalue weighted by atomic mass is 16.5. The molecule has 8 heteroatoms. The number of aryl methyl sites for hydroxylation is 1. The van der Waals surface area contributed by atoms with E-state index in [9.17, 15) is 14.7 Å². The Balaban J connectivity index is 1.54. The molecule has 1 N–H and O–H groups in total. The highest BCUT2D eigenvalue weighted by Gasteiger charge is 2.47. The monoisotopic (exact) mass is 565 g/mol. The lowest BCUT2D eigenvalue weighted by atomic mass is 9.83. The normalized spacial score (nSPS) is 20.5. The number of rotatable bonds is 15. The molecule has 1 amide bonds. The number of likely N-dealkylation sites (tertiary alicyclic amines) is 1. The third kappa shape index (κ3) is 8.52. The summed E-state index contributed by atoms with van der Waals surface area (Å²) in [7, 11) is 6.59. The SMILES string of the molecule is CCCCN(CCCC[N+](C)(C)C)C(=O)CN1CC(c2ccc3c(c2)CCO3)C(C(=O)O)C1CCc1ccccn1. The van der Waals surface area contributed by atoms with Crippen molar-refractivity contribution in [1.29, 1.82) is 0 Å². The fourth-order valence-electron chi connectivity index (χ4n) is 6.34. The highest BCUT2D eigenvalue weighted by molar-refractivity contribution is 5.79. The van der Waals surface area contributed by atoms with Crippen LogP contribution in [-0.2, 0) is 22.4 Å². The van der Waals surface area contributed by atoms with Crippen molar-refractivity contribution in [3.8, 4) is 5.75 Å². The maximum Gasteiger partial charge on any atom is 0.308 e. The number of carbonyl (C=O) groups excluding carboxylic acids is 1. The highest BCUT2D eigenvalue weighted by Crippen LogP contribution is 2.41. The first-order valence-corrected chi connectivity index (χ1v) is 15.4. The Kier molecular flexibility index (Phi) is 10.8. The van der Waals surface area contributed by atoms with Gasteiger partial charge in [0.2, 0.25) is 5.91 Å². The quantitative estimate of drug-likeness (QED) is 0.257. The van der Waals surface area contributed by atoms with Crippen molar-refractivity contribution in [2.24, 2.45) is 5.92 Å². The molecule has 3 atom stereocenters. The maximum absolute atomic E-state index is 13.8. The van der Waals surface area contributed by atoms with Gasteiger partial charge in [-0.2, -0.15) is 0 Å². The van der Waals surface area contributed by atoms with Gasteiger partial charge in [-0.1, -0.05) is 31.5 Å². The Bertz CT molecular complexity index is 1150. The minimum absolute atomic E-state index is 0.110. The number of aromatic nitrogens is 1. The predicted octanol–water partition coefficient (Wildman–Crippen LogP) is 4.23. The minimum atomic E-state index is -0.795. The molecule has 0 spiro atoms. The summed E-state index contributed by atoms with van der Waals surface area (Å²) in [6.45, 7) is 6.20. The third-order valence-electron chi connectivity index (χ3n) is 8.58. The van der Waals surface area contributed by atoms with Crippen molar-refractivity contribution in [1.82, 2.24) is 14.8 Å². The summed E-state index contributed by atoms with van der Waals surface area (Å²) >= 11 is 0. The van der Waals surface area contributed by atoms with Gasteiger partial charge in [-0.05, 0) is 61.4 Å². The summed E-state index contributed by atoms with van der Waals surface area (Å²) in [6.07, 6.45) is 8.00. The Hall–Kier alpha value is -2.97. The number of benzene rings is 1. The molecule has 2 aliphatic heterocycles. The predicted molar refractivity (Wildman–Crippen MR) is 161 cm³/mol. The Labute approximate surface area is 245 Å². The molecule has 3 heterocycles. The Morgan fingerprint density at radius 3 is 2.63 bits per heavy atom. The molecule has 3 unspecified atom stereocenters. The van der Waals surface area contributed by atoms with Crippen LogP contribution in [-0.4, -0.2) is 103 Å². The van der Waals surface area contributed by atoms with Crippen LogP contribution in [0.4, 0.5) is 0 Å². The van der Waals surface area contributed by atoms with Crippen LogP contribution in [0, 0.1) is 5.92 Å². The largest absolute Gasteiger partial charge is 0.493 e. The zero-order chi connectivity index (χ0) is 29.4. The first-order chi connectivity index (χ1) is 19.7. The van der Waals surface area contributed by atoms with Gasteiger partial charge < -0.3 is 19.2 Å². The first-order valence-electron chi connectivity index (χ1n) is 15.4. The minimum Gasteiger partial charge on any atom is -0.493 e. The molecule has 0 saturated carbocycles. The maximum atomic E-state index is 13.8. The van der Waals surface area contributed by atoms with Crippen molar-refractivity contribution >= 4 is 11.9 Å². The number of hydrogen-bond donors (Lipinski definition) is 1. The van der Waals surface area contributed by atoms with Gasteiger partial charge >= 0.3 is 5.97 Å². The van der Waals surface area contributed by atoms with E-state index in [4.69, 9.17) is 4.74 Å². The zero-order valence-corrected chi connectivity index (χ0v) is 25.4. The van der Waals surface area contributed by atoms with Crippen molar-refractivity contribution in [2.75, 3.05) is 60.5 Å². The number of carbonyl (C=O) groups is 2. The number of ether oxygens (including phenoxy) is 1. The molecule has 1 fully saturated rings. The van der Waals surface area contributed by atoms with Gasteiger partial charge in [-0.25, -0.2) is 0 Å². The summed E-state index contributed by atoms with van der Waals surface area (Å²) in [5.74, 6) is -0.571. The molecule has 1 aromatic heterocycles. The van der Waals surface area contributed by atoms with E-state index in [0.717, 1.165) is 78.8 Å². The van der Waals surface area contributed by atoms with Gasteiger partial charge in [0.05, 0.1) is 46.8 Å². The molecule has 224 valence electrons. The summed E-state index contributed by atoms with van der Waals surface area (Å²) < 4.78 is 6.62. The molecule has 1 saturated heterocycles. The fraction of sp³-hybridized carbons (Fsp3) is 0.606. The molecular formula is C33H49N4O4+. The van der Waals surface area contributed by atoms with Gasteiger partial charge in [-0.15, -0.1) is 0 Å². The molecule has 4 rings (SSSR count). The number of quaternary nitrogens is 1. The van der Waals surface area contributed by atoms with Gasteiger partial charge in [0.15, 0.2) is 0 Å². The number of aliphatic carboxylic acids is 1. The number of fused-ring (bicyclic) bond motifs is 1. The molecule has 8 nitrogen and oxygen atoms in total. The molecule has 0 aliphatic carbocycles. The second-order valence-electron chi connectivity index (χ2n) is 12.7. The van der Waals surface area contributed by atoms with Crippen molar-refractivity contribution in [2.45, 2.75) is 63.8 Å². The lowest BCUT2D eigenvalue weighted by Gasteiger charge is -2.30. The van der Waals surface area contributed by atoms with Crippen LogP contribution in [0.2, 0.25) is 0 Å². The van der Waals surface area contributed by atoms with E-state index < -0.39 is 11.9 Å². The first kappa shape index (κ1) is 31.0. The van der Waals surface area contributed by atoms with E-state index in [1.54, 1.807) is 6.20 Å². The number of hydrogen-bond acceptors (Lipinski definition) is 5. The third-order valence-corrected chi connectivity index (χ3v) is 8.58. The smallest absolute Gasteiger partial charge is 0.308 e. The van der Waals surface area contributed by atoms with Gasteiger partial charge in [0.1, 0.15) is 5.75 Å². The lowest BCUT2D eigenvalue weighted by molar-refractivity contribution is -0.870. The molecule has 2 aliphatic rings. The van der Waals surface area contributed by atoms with Crippen molar-refractivity contribution < 1.29 is 23.9 Å². The molecule has 0 bridgehead atoms. The molecule has 1 aromatic carbocycles. The van der Waals surface area contributed by atoms with Gasteiger partial charge in [-0.3, -0.25) is 19.5 Å². The molecular weight excluding hydrogens is 516 g/mol. The van der Waals surface area contributed by atoms with E-state index in [1.165, 1.54) is 0 Å². The number of amides is 1. The van der Waals surface area contributed by atoms with Crippen LogP contribution < -0.4 is 4.74 Å². The molecule has 2 aromatic rings. The topological polar surface area (TPSA) is 83.0 Å². The Morgan fingerprint density at radius 2 is 1.93 bits per heavy atom. The van der Waals surface area contributed by atoms with Gasteiger partial charge in [0.25, 0.3) is 0 Å². The second kappa shape index (κ2) is 14.3. The van der Waals surface area contributed by atoms with E-state index in [2.05, 4.69) is 44.0 Å². The zero-order valence-electron chi connectivity index (χ0n) is 25.4. The molecule has 0 radical (unpaired) electrons. The summed E-state index contributed by atoms with van der Waals surface area (Å²) in [5, 5.41) is 10.5. The van der Waals surface area contributed by atoms with E-state index >= 15 is 0 Å². The molecule has 41 heavy (non-hydrogen) atoms. The average molecular weight is 566 g/mol. The standard InChI is InChI=1S/C33H48N4O4/c1-5-6-18-35(19-9-10-20-37(2,3)4)31(38)24-36-23-28(25-12-15-30-26(22-25)16-21-41-30)32(33(39)40)29(36)14-13-27-11-7-8-17-34-27/h7-8,11-12,15,17,22,28-29,32H,5-6,9-10,13-14,16,18-21,23-24H2,1-4H3/p+1. The number of nitrogens with zero attached hydrogens (tertiary/aromatic N) is 4. The summed E-state index contributed by atoms with van der Waals surface area (Å²) in [6, 6.07) is 11.7. The van der Waals surface area contributed by atoms with Crippen molar-refractivity contribution in [3.63, 3.8) is 0 Å². The van der Waals surface area contributed by atoms with Crippen LogP contribution in [0.25, 0.3) is 0 Å². The van der Waals surface area contributed by atoms with Crippen molar-refractivity contribution in [3.05, 3.63) is 59.4 Å². The summed E-state index contributed by atoms with van der Waals surface area (Å²) in [5.41, 5.74) is 3.12. The fourth-order valence-corrected chi connectivity index (χ4v) is 6.34. The van der Waals surface area contributed by atoms with E-state index in [-0.39, 0.29) is 24.4 Å². The number of pyridine rings is 1. The summed E-state index contributed by atoms with van der Waals surface area (Å²) in [4.78, 5) is 35.3. The van der Waals surface area contributed by atoms with Crippen LogP contribution in [0.3, 0.4) is 0 Å². The number of unbranched alkanes of at least 4 members (excludes halogenated alkanes) is 2. The average Bonchev–Trinajstić information content (AvgIpc) is 3.55. The van der Waals surface area contributed by atoms with E-state index in [1.807, 2.05) is 35.2 Å². The second-order valence-corrected chi connectivity index (χ2v) is 12.7. The van der Waals surface area contributed by atoms with Crippen LogP contribution >= 0.6 is 0 Å². The van der Waals surface area contributed by atoms with E-state index in [0.29, 0.717) is 26.0 Å². The number of carboxylic acid groups (broad SMARTS) is 1. The van der Waals surface area contributed by atoms with Crippen LogP contribution in [0.15, 0.2) is 42.6 Å². The lowest BCUT2D eigenvalue weighted by Crippen LogP contribution is -2.45.